The topological polar surface area (TPSA) is 70.7 Å². The van der Waals surface area contributed by atoms with Crippen LogP contribution in [0.4, 0.5) is 5.69 Å². The average molecular weight is 396 g/mol. The first-order valence-electron chi connectivity index (χ1n) is 9.51. The lowest BCUT2D eigenvalue weighted by molar-refractivity contribution is -0.134. The van der Waals surface area contributed by atoms with Crippen LogP contribution >= 0.6 is 12.4 Å². The Balaban J connectivity index is 0.00000261. The summed E-state index contributed by atoms with van der Waals surface area (Å²) < 4.78 is 5.35. The van der Waals surface area contributed by atoms with Crippen LogP contribution in [0.25, 0.3) is 0 Å². The van der Waals surface area contributed by atoms with E-state index in [1.807, 2.05) is 29.2 Å². The minimum absolute atomic E-state index is 0. The van der Waals surface area contributed by atoms with Crippen molar-refractivity contribution < 1.29 is 14.3 Å². The number of likely N-dealkylation sites (tertiary alicyclic amines) is 1. The van der Waals surface area contributed by atoms with Crippen molar-refractivity contribution in [3.05, 3.63) is 29.8 Å². The fourth-order valence-corrected chi connectivity index (χ4v) is 3.88. The number of rotatable bonds is 6. The number of nitrogens with zero attached hydrogens (tertiary/aromatic N) is 1. The van der Waals surface area contributed by atoms with Gasteiger partial charge in [0.2, 0.25) is 11.8 Å². The minimum Gasteiger partial charge on any atom is -0.384 e. The van der Waals surface area contributed by atoms with Crippen molar-refractivity contribution in [3.8, 4) is 0 Å². The number of amides is 2. The molecule has 0 radical (unpaired) electrons. The number of carbonyl (C=O) groups excluding carboxylic acids is 2. The molecule has 0 spiro atoms. The van der Waals surface area contributed by atoms with Crippen molar-refractivity contribution in [2.24, 2.45) is 5.41 Å². The van der Waals surface area contributed by atoms with Gasteiger partial charge in [-0.25, -0.2) is 0 Å². The first-order valence-corrected chi connectivity index (χ1v) is 9.51. The van der Waals surface area contributed by atoms with Gasteiger partial charge in [-0.2, -0.15) is 0 Å². The van der Waals surface area contributed by atoms with E-state index < -0.39 is 5.41 Å². The van der Waals surface area contributed by atoms with Crippen LogP contribution in [-0.4, -0.2) is 50.1 Å². The van der Waals surface area contributed by atoms with Crippen LogP contribution in [0.2, 0.25) is 0 Å². The summed E-state index contributed by atoms with van der Waals surface area (Å²) in [6.07, 6.45) is 4.24. The van der Waals surface area contributed by atoms with E-state index in [-0.39, 0.29) is 24.2 Å². The van der Waals surface area contributed by atoms with Gasteiger partial charge in [-0.3, -0.25) is 9.59 Å². The van der Waals surface area contributed by atoms with Gasteiger partial charge in [0.15, 0.2) is 0 Å². The van der Waals surface area contributed by atoms with Crippen LogP contribution in [0, 0.1) is 5.41 Å². The molecule has 3 rings (SSSR count). The molecule has 0 aromatic heterocycles. The molecule has 0 unspecified atom stereocenters. The van der Waals surface area contributed by atoms with Gasteiger partial charge in [-0.05, 0) is 56.5 Å². The van der Waals surface area contributed by atoms with Gasteiger partial charge in [-0.15, -0.1) is 12.4 Å². The number of methoxy groups -OCH3 is 1. The van der Waals surface area contributed by atoms with Crippen molar-refractivity contribution >= 4 is 29.9 Å². The maximum Gasteiger partial charge on any atom is 0.233 e. The molecule has 2 saturated heterocycles. The number of anilines is 1. The summed E-state index contributed by atoms with van der Waals surface area (Å²) in [4.78, 5) is 26.9. The summed E-state index contributed by atoms with van der Waals surface area (Å²) in [6.45, 7) is 3.51. The Morgan fingerprint density at radius 3 is 2.78 bits per heavy atom. The van der Waals surface area contributed by atoms with Gasteiger partial charge < -0.3 is 20.3 Å². The Hall–Kier alpha value is -1.63. The number of halogens is 1. The zero-order chi connectivity index (χ0) is 18.4. The van der Waals surface area contributed by atoms with Crippen molar-refractivity contribution in [3.63, 3.8) is 0 Å². The van der Waals surface area contributed by atoms with E-state index in [1.165, 1.54) is 0 Å². The van der Waals surface area contributed by atoms with Crippen LogP contribution in [0.5, 0.6) is 0 Å². The van der Waals surface area contributed by atoms with Gasteiger partial charge in [0, 0.05) is 32.3 Å². The zero-order valence-electron chi connectivity index (χ0n) is 16.0. The van der Waals surface area contributed by atoms with E-state index in [0.29, 0.717) is 19.6 Å². The third-order valence-electron chi connectivity index (χ3n) is 5.44. The molecule has 1 aromatic carbocycles. The van der Waals surface area contributed by atoms with Crippen LogP contribution in [0.1, 0.15) is 37.7 Å². The Bertz CT molecular complexity index is 642. The number of piperidine rings is 2. The molecule has 0 saturated carbocycles. The molecule has 27 heavy (non-hydrogen) atoms. The highest BCUT2D eigenvalue weighted by molar-refractivity contribution is 5.95. The van der Waals surface area contributed by atoms with Crippen molar-refractivity contribution in [2.75, 3.05) is 38.7 Å². The molecule has 2 amide bonds. The monoisotopic (exact) mass is 395 g/mol. The van der Waals surface area contributed by atoms with Gasteiger partial charge >= 0.3 is 0 Å². The molecule has 6 nitrogen and oxygen atoms in total. The Morgan fingerprint density at radius 2 is 2.07 bits per heavy atom. The number of benzene rings is 1. The lowest BCUT2D eigenvalue weighted by Gasteiger charge is -2.35. The average Bonchev–Trinajstić information content (AvgIpc) is 2.65. The molecule has 2 aliphatic rings. The second-order valence-corrected chi connectivity index (χ2v) is 7.39. The fourth-order valence-electron chi connectivity index (χ4n) is 3.88. The highest BCUT2D eigenvalue weighted by Gasteiger charge is 2.39. The number of nitrogens with one attached hydrogen (secondary N) is 2. The quantitative estimate of drug-likeness (QED) is 0.776. The van der Waals surface area contributed by atoms with E-state index in [0.717, 1.165) is 56.6 Å². The summed E-state index contributed by atoms with van der Waals surface area (Å²) in [6, 6.07) is 7.82. The van der Waals surface area contributed by atoms with E-state index in [9.17, 15) is 9.59 Å². The maximum atomic E-state index is 12.9. The highest BCUT2D eigenvalue weighted by Crippen LogP contribution is 2.31. The molecular weight excluding hydrogens is 366 g/mol. The molecule has 2 N–H and O–H groups in total. The number of carbonyl (C=O) groups is 2. The normalized spacial score (nSPS) is 19.3. The lowest BCUT2D eigenvalue weighted by Crippen LogP contribution is -2.47. The van der Waals surface area contributed by atoms with Crippen molar-refractivity contribution in [1.82, 2.24) is 10.2 Å². The molecule has 0 bridgehead atoms. The Labute approximate surface area is 167 Å². The molecule has 0 atom stereocenters. The summed E-state index contributed by atoms with van der Waals surface area (Å²) in [5, 5.41) is 6.38. The molecular formula is C20H30ClN3O3. The van der Waals surface area contributed by atoms with Gasteiger partial charge in [-0.1, -0.05) is 12.1 Å². The third kappa shape index (κ3) is 5.43. The molecule has 2 aliphatic heterocycles. The van der Waals surface area contributed by atoms with Crippen LogP contribution in [0.15, 0.2) is 24.3 Å². The first-order chi connectivity index (χ1) is 12.6. The lowest BCUT2D eigenvalue weighted by atomic mass is 9.78. The van der Waals surface area contributed by atoms with E-state index in [2.05, 4.69) is 10.6 Å². The van der Waals surface area contributed by atoms with E-state index >= 15 is 0 Å². The first kappa shape index (κ1) is 21.7. The van der Waals surface area contributed by atoms with Crippen LogP contribution in [-0.2, 0) is 20.9 Å². The number of hydrogen-bond donors (Lipinski definition) is 2. The van der Waals surface area contributed by atoms with Gasteiger partial charge in [0.1, 0.15) is 0 Å². The summed E-state index contributed by atoms with van der Waals surface area (Å²) >= 11 is 0. The summed E-state index contributed by atoms with van der Waals surface area (Å²) in [5.41, 5.74) is 1.36. The Kier molecular flexibility index (Phi) is 8.07. The molecule has 7 heteroatoms. The molecule has 150 valence electrons. The molecule has 1 aromatic rings. The number of hydrogen-bond acceptors (Lipinski definition) is 4. The number of ether oxygens (including phenoxy) is 1. The fraction of sp³-hybridized carbons (Fsp3) is 0.600. The molecule has 0 aliphatic carbocycles. The van der Waals surface area contributed by atoms with Crippen LogP contribution < -0.4 is 10.6 Å². The van der Waals surface area contributed by atoms with E-state index in [1.54, 1.807) is 7.11 Å². The second-order valence-electron chi connectivity index (χ2n) is 7.39. The largest absolute Gasteiger partial charge is 0.384 e. The van der Waals surface area contributed by atoms with Crippen molar-refractivity contribution in [1.29, 1.82) is 0 Å². The SMILES string of the molecule is COCC1(C(=O)Nc2cccc(CN3CCCCC3=O)c2)CCNCC1.Cl. The van der Waals surface area contributed by atoms with E-state index in [4.69, 9.17) is 4.74 Å². The van der Waals surface area contributed by atoms with Crippen LogP contribution in [0.3, 0.4) is 0 Å². The third-order valence-corrected chi connectivity index (χ3v) is 5.44. The predicted molar refractivity (Wildman–Crippen MR) is 108 cm³/mol. The Morgan fingerprint density at radius 1 is 1.30 bits per heavy atom. The molecule has 2 fully saturated rings. The summed E-state index contributed by atoms with van der Waals surface area (Å²) in [7, 11) is 1.65. The molecule has 2 heterocycles. The summed E-state index contributed by atoms with van der Waals surface area (Å²) in [5.74, 6) is 0.242. The standard InChI is InChI=1S/C20H29N3O3.ClH/c1-26-15-20(8-10-21-11-9-20)19(25)22-17-6-4-5-16(13-17)14-23-12-3-2-7-18(23)24;/h4-6,13,21H,2-3,7-12,14-15H2,1H3,(H,22,25);1H. The zero-order valence-corrected chi connectivity index (χ0v) is 16.8. The maximum absolute atomic E-state index is 12.9. The minimum atomic E-state index is -0.473. The predicted octanol–water partition coefficient (Wildman–Crippen LogP) is 2.58. The second kappa shape index (κ2) is 10.1. The van der Waals surface area contributed by atoms with Crippen molar-refractivity contribution in [2.45, 2.75) is 38.6 Å². The smallest absolute Gasteiger partial charge is 0.233 e. The van der Waals surface area contributed by atoms with Gasteiger partial charge in [0.05, 0.1) is 12.0 Å². The highest BCUT2D eigenvalue weighted by atomic mass is 35.5. The van der Waals surface area contributed by atoms with Gasteiger partial charge in [0.25, 0.3) is 0 Å².